The van der Waals surface area contributed by atoms with Crippen LogP contribution in [0.25, 0.3) is 0 Å². The van der Waals surface area contributed by atoms with Crippen LogP contribution in [-0.4, -0.2) is 23.0 Å². The summed E-state index contributed by atoms with van der Waals surface area (Å²) >= 11 is 0. The predicted octanol–water partition coefficient (Wildman–Crippen LogP) is 2.14. The fourth-order valence-corrected chi connectivity index (χ4v) is 1.84. The molecule has 0 spiro atoms. The Morgan fingerprint density at radius 2 is 1.61 bits per heavy atom. The van der Waals surface area contributed by atoms with Crippen molar-refractivity contribution in [2.75, 3.05) is 0 Å². The van der Waals surface area contributed by atoms with E-state index in [-0.39, 0.29) is 11.8 Å². The van der Waals surface area contributed by atoms with E-state index in [0.29, 0.717) is 5.56 Å². The molecule has 0 bridgehead atoms. The smallest absolute Gasteiger partial charge is 0.326 e. The van der Waals surface area contributed by atoms with Crippen LogP contribution in [0.3, 0.4) is 0 Å². The number of hydrogen-bond acceptors (Lipinski definition) is 2. The number of benzene rings is 1. The van der Waals surface area contributed by atoms with Gasteiger partial charge in [0.1, 0.15) is 6.04 Å². The molecule has 0 heterocycles. The van der Waals surface area contributed by atoms with Gasteiger partial charge in [-0.1, -0.05) is 31.0 Å². The van der Waals surface area contributed by atoms with E-state index in [9.17, 15) is 9.59 Å². The fraction of sp³-hybridized carbons (Fsp3) is 0.429. The lowest BCUT2D eigenvalue weighted by Crippen LogP contribution is -2.44. The average molecular weight is 249 g/mol. The van der Waals surface area contributed by atoms with E-state index in [0.717, 1.165) is 11.1 Å². The number of rotatable bonds is 4. The molecular weight excluding hydrogens is 230 g/mol. The Labute approximate surface area is 107 Å². The summed E-state index contributed by atoms with van der Waals surface area (Å²) in [6, 6.07) is 4.61. The second kappa shape index (κ2) is 5.67. The summed E-state index contributed by atoms with van der Waals surface area (Å²) in [5.41, 5.74) is 2.47. The normalized spacial score (nSPS) is 12.3. The Kier molecular flexibility index (Phi) is 4.48. The van der Waals surface area contributed by atoms with E-state index in [2.05, 4.69) is 5.32 Å². The van der Waals surface area contributed by atoms with E-state index in [1.54, 1.807) is 26.0 Å². The van der Waals surface area contributed by atoms with Crippen LogP contribution in [0, 0.1) is 19.8 Å². The molecule has 2 N–H and O–H groups in total. The quantitative estimate of drug-likeness (QED) is 0.859. The molecule has 0 aromatic heterocycles. The highest BCUT2D eigenvalue weighted by Gasteiger charge is 2.23. The third-order valence-electron chi connectivity index (χ3n) is 2.70. The molecule has 0 aliphatic carbocycles. The number of amides is 1. The molecule has 0 aliphatic heterocycles. The number of carboxylic acids is 1. The van der Waals surface area contributed by atoms with Crippen LogP contribution in [0.4, 0.5) is 0 Å². The second-order valence-electron chi connectivity index (χ2n) is 4.91. The summed E-state index contributed by atoms with van der Waals surface area (Å²) in [7, 11) is 0. The van der Waals surface area contributed by atoms with Gasteiger partial charge in [0.05, 0.1) is 0 Å². The maximum atomic E-state index is 12.0. The second-order valence-corrected chi connectivity index (χ2v) is 4.91. The van der Waals surface area contributed by atoms with Crippen molar-refractivity contribution in [2.24, 2.45) is 5.92 Å². The molecule has 18 heavy (non-hydrogen) atoms. The maximum absolute atomic E-state index is 12.0. The zero-order valence-corrected chi connectivity index (χ0v) is 11.2. The van der Waals surface area contributed by atoms with Gasteiger partial charge in [0.2, 0.25) is 0 Å². The Morgan fingerprint density at radius 3 is 2.00 bits per heavy atom. The lowest BCUT2D eigenvalue weighted by molar-refractivity contribution is -0.140. The third-order valence-corrected chi connectivity index (χ3v) is 2.70. The van der Waals surface area contributed by atoms with Crippen LogP contribution in [-0.2, 0) is 4.79 Å². The van der Waals surface area contributed by atoms with Crippen LogP contribution < -0.4 is 5.32 Å². The number of aryl methyl sites for hydroxylation is 2. The van der Waals surface area contributed by atoms with Gasteiger partial charge in [-0.2, -0.15) is 0 Å². The van der Waals surface area contributed by atoms with Crippen molar-refractivity contribution in [2.45, 2.75) is 33.7 Å². The van der Waals surface area contributed by atoms with Crippen LogP contribution in [0.5, 0.6) is 0 Å². The lowest BCUT2D eigenvalue weighted by Gasteiger charge is -2.18. The number of carbonyl (C=O) groups excluding carboxylic acids is 1. The van der Waals surface area contributed by atoms with Gasteiger partial charge in [0.15, 0.2) is 0 Å². The maximum Gasteiger partial charge on any atom is 0.326 e. The minimum absolute atomic E-state index is 0.155. The number of nitrogens with one attached hydrogen (secondary N) is 1. The van der Waals surface area contributed by atoms with E-state index in [1.807, 2.05) is 19.9 Å². The summed E-state index contributed by atoms with van der Waals surface area (Å²) in [5.74, 6) is -1.51. The highest BCUT2D eigenvalue weighted by molar-refractivity contribution is 5.96. The van der Waals surface area contributed by atoms with Crippen LogP contribution >= 0.6 is 0 Å². The number of hydrogen-bond donors (Lipinski definition) is 2. The first kappa shape index (κ1) is 14.2. The first-order valence-corrected chi connectivity index (χ1v) is 5.93. The minimum Gasteiger partial charge on any atom is -0.480 e. The monoisotopic (exact) mass is 249 g/mol. The Bertz CT molecular complexity index is 446. The predicted molar refractivity (Wildman–Crippen MR) is 69.6 cm³/mol. The van der Waals surface area contributed by atoms with Gasteiger partial charge in [0.25, 0.3) is 5.91 Å². The van der Waals surface area contributed by atoms with E-state index in [4.69, 9.17) is 5.11 Å². The van der Waals surface area contributed by atoms with Crippen molar-refractivity contribution >= 4 is 11.9 Å². The van der Waals surface area contributed by atoms with Crippen LogP contribution in [0.1, 0.15) is 35.3 Å². The Hall–Kier alpha value is -1.84. The van der Waals surface area contributed by atoms with Gasteiger partial charge in [0, 0.05) is 5.56 Å². The molecule has 4 heteroatoms. The number of carboxylic acid groups (broad SMARTS) is 1. The first-order valence-electron chi connectivity index (χ1n) is 5.93. The first-order chi connectivity index (χ1) is 8.31. The Morgan fingerprint density at radius 1 is 1.11 bits per heavy atom. The van der Waals surface area contributed by atoms with Crippen molar-refractivity contribution in [3.63, 3.8) is 0 Å². The van der Waals surface area contributed by atoms with Gasteiger partial charge >= 0.3 is 5.97 Å². The van der Waals surface area contributed by atoms with Crippen molar-refractivity contribution in [3.05, 3.63) is 34.9 Å². The molecule has 0 aliphatic rings. The molecule has 1 atom stereocenters. The largest absolute Gasteiger partial charge is 0.480 e. The standard InChI is InChI=1S/C14H19NO3/c1-8(2)12(14(17)18)15-13(16)11-6-9(3)5-10(4)7-11/h5-8,12H,1-4H3,(H,15,16)(H,17,18)/t12-/m0/s1. The zero-order chi connectivity index (χ0) is 13.9. The molecule has 0 unspecified atom stereocenters. The molecule has 0 saturated heterocycles. The molecule has 98 valence electrons. The summed E-state index contributed by atoms with van der Waals surface area (Å²) in [5, 5.41) is 11.6. The molecule has 1 aromatic rings. The van der Waals surface area contributed by atoms with Crippen molar-refractivity contribution in [1.29, 1.82) is 0 Å². The highest BCUT2D eigenvalue weighted by atomic mass is 16.4. The van der Waals surface area contributed by atoms with Gasteiger partial charge in [-0.15, -0.1) is 0 Å². The summed E-state index contributed by atoms with van der Waals surface area (Å²) in [6.45, 7) is 7.34. The zero-order valence-electron chi connectivity index (χ0n) is 11.2. The number of carbonyl (C=O) groups is 2. The van der Waals surface area contributed by atoms with E-state index < -0.39 is 12.0 Å². The summed E-state index contributed by atoms with van der Waals surface area (Å²) in [6.07, 6.45) is 0. The molecule has 0 saturated carbocycles. The average Bonchev–Trinajstić information content (AvgIpc) is 2.23. The van der Waals surface area contributed by atoms with Gasteiger partial charge < -0.3 is 10.4 Å². The van der Waals surface area contributed by atoms with E-state index in [1.165, 1.54) is 0 Å². The van der Waals surface area contributed by atoms with Gasteiger partial charge in [-0.05, 0) is 31.9 Å². The van der Waals surface area contributed by atoms with Crippen LogP contribution in [0.2, 0.25) is 0 Å². The molecule has 1 rings (SSSR count). The highest BCUT2D eigenvalue weighted by Crippen LogP contribution is 2.10. The lowest BCUT2D eigenvalue weighted by atomic mass is 10.0. The number of aliphatic carboxylic acids is 1. The van der Waals surface area contributed by atoms with Crippen LogP contribution in [0.15, 0.2) is 18.2 Å². The molecular formula is C14H19NO3. The molecule has 4 nitrogen and oxygen atoms in total. The molecule has 1 amide bonds. The minimum atomic E-state index is -1.01. The van der Waals surface area contributed by atoms with Crippen molar-refractivity contribution in [3.8, 4) is 0 Å². The summed E-state index contributed by atoms with van der Waals surface area (Å²) in [4.78, 5) is 23.0. The van der Waals surface area contributed by atoms with Crippen molar-refractivity contribution in [1.82, 2.24) is 5.32 Å². The van der Waals surface area contributed by atoms with Crippen molar-refractivity contribution < 1.29 is 14.7 Å². The SMILES string of the molecule is Cc1cc(C)cc(C(=O)N[C@H](C(=O)O)C(C)C)c1. The Balaban J connectivity index is 2.90. The van der Waals surface area contributed by atoms with Gasteiger partial charge in [-0.25, -0.2) is 4.79 Å². The fourth-order valence-electron chi connectivity index (χ4n) is 1.84. The topological polar surface area (TPSA) is 66.4 Å². The van der Waals surface area contributed by atoms with Gasteiger partial charge in [-0.3, -0.25) is 4.79 Å². The molecule has 1 aromatic carbocycles. The third kappa shape index (κ3) is 3.58. The summed E-state index contributed by atoms with van der Waals surface area (Å²) < 4.78 is 0. The van der Waals surface area contributed by atoms with E-state index >= 15 is 0 Å². The molecule has 0 fully saturated rings. The molecule has 0 radical (unpaired) electrons.